The van der Waals surface area contributed by atoms with Crippen molar-refractivity contribution in [2.24, 2.45) is 0 Å². The van der Waals surface area contributed by atoms with Crippen molar-refractivity contribution in [2.45, 2.75) is 6.54 Å². The normalized spacial score (nSPS) is 18.0. The third-order valence-corrected chi connectivity index (χ3v) is 3.74. The fourth-order valence-electron chi connectivity index (χ4n) is 1.67. The molecule has 4 heteroatoms. The lowest BCUT2D eigenvalue weighted by Crippen LogP contribution is -2.35. The van der Waals surface area contributed by atoms with Crippen LogP contribution in [0.1, 0.15) is 5.56 Å². The molecular weight excluding hydrogens is 308 g/mol. The van der Waals surface area contributed by atoms with Gasteiger partial charge in [-0.15, -0.1) is 0 Å². The van der Waals surface area contributed by atoms with Gasteiger partial charge < -0.3 is 4.74 Å². The molecule has 0 amide bonds. The first kappa shape index (κ1) is 11.3. The lowest BCUT2D eigenvalue weighted by Gasteiger charge is -2.26. The van der Waals surface area contributed by atoms with Gasteiger partial charge in [0.1, 0.15) is 5.82 Å². The van der Waals surface area contributed by atoms with Gasteiger partial charge in [0.2, 0.25) is 0 Å². The molecule has 0 atom stereocenters. The highest BCUT2D eigenvalue weighted by Crippen LogP contribution is 2.18. The highest BCUT2D eigenvalue weighted by Gasteiger charge is 2.13. The highest BCUT2D eigenvalue weighted by atomic mass is 127. The van der Waals surface area contributed by atoms with Crippen molar-refractivity contribution in [1.29, 1.82) is 0 Å². The van der Waals surface area contributed by atoms with Gasteiger partial charge in [0, 0.05) is 19.6 Å². The maximum absolute atomic E-state index is 13.3. The van der Waals surface area contributed by atoms with Crippen LogP contribution >= 0.6 is 22.6 Å². The third kappa shape index (κ3) is 2.89. The minimum absolute atomic E-state index is 0.124. The van der Waals surface area contributed by atoms with Crippen LogP contribution in [0.5, 0.6) is 0 Å². The second kappa shape index (κ2) is 5.23. The summed E-state index contributed by atoms with van der Waals surface area (Å²) in [7, 11) is 0. The van der Waals surface area contributed by atoms with Gasteiger partial charge in [-0.3, -0.25) is 4.90 Å². The van der Waals surface area contributed by atoms with Crippen LogP contribution in [0.25, 0.3) is 0 Å². The monoisotopic (exact) mass is 321 g/mol. The number of hydrogen-bond donors (Lipinski definition) is 0. The molecule has 2 nitrogen and oxygen atoms in total. The van der Waals surface area contributed by atoms with E-state index >= 15 is 0 Å². The number of rotatable bonds is 2. The molecule has 15 heavy (non-hydrogen) atoms. The van der Waals surface area contributed by atoms with Crippen LogP contribution in [0.4, 0.5) is 4.39 Å². The van der Waals surface area contributed by atoms with Crippen LogP contribution in [-0.2, 0) is 11.3 Å². The third-order valence-electron chi connectivity index (χ3n) is 2.53. The van der Waals surface area contributed by atoms with Gasteiger partial charge in [0.15, 0.2) is 0 Å². The quantitative estimate of drug-likeness (QED) is 0.775. The predicted molar refractivity (Wildman–Crippen MR) is 65.2 cm³/mol. The number of nitrogens with zero attached hydrogens (tertiary/aromatic N) is 1. The van der Waals surface area contributed by atoms with E-state index in [0.29, 0.717) is 0 Å². The fraction of sp³-hybridized carbons (Fsp3) is 0.455. The van der Waals surface area contributed by atoms with Crippen molar-refractivity contribution in [2.75, 3.05) is 26.3 Å². The summed E-state index contributed by atoms with van der Waals surface area (Å²) in [6, 6.07) is 5.26. The highest BCUT2D eigenvalue weighted by molar-refractivity contribution is 14.1. The zero-order valence-electron chi connectivity index (χ0n) is 8.38. The first-order chi connectivity index (χ1) is 7.27. The first-order valence-electron chi connectivity index (χ1n) is 5.00. The van der Waals surface area contributed by atoms with Crippen LogP contribution < -0.4 is 0 Å². The summed E-state index contributed by atoms with van der Waals surface area (Å²) in [5, 5.41) is 0. The predicted octanol–water partition coefficient (Wildman–Crippen LogP) is 2.26. The molecule has 1 heterocycles. The van der Waals surface area contributed by atoms with Crippen molar-refractivity contribution in [3.63, 3.8) is 0 Å². The Morgan fingerprint density at radius 3 is 2.80 bits per heavy atom. The molecule has 0 radical (unpaired) electrons. The Labute approximate surface area is 103 Å². The van der Waals surface area contributed by atoms with E-state index in [1.165, 1.54) is 6.07 Å². The van der Waals surface area contributed by atoms with E-state index in [0.717, 1.165) is 42.0 Å². The summed E-state index contributed by atoms with van der Waals surface area (Å²) < 4.78 is 19.3. The summed E-state index contributed by atoms with van der Waals surface area (Å²) in [5.74, 6) is -0.124. The summed E-state index contributed by atoms with van der Waals surface area (Å²) in [6.45, 7) is 4.26. The molecule has 82 valence electrons. The van der Waals surface area contributed by atoms with Crippen LogP contribution in [0.2, 0.25) is 0 Å². The second-order valence-corrected chi connectivity index (χ2v) is 4.68. The van der Waals surface area contributed by atoms with E-state index in [4.69, 9.17) is 4.74 Å². The van der Waals surface area contributed by atoms with Gasteiger partial charge in [-0.1, -0.05) is 12.1 Å². The molecule has 0 spiro atoms. The molecule has 0 aliphatic carbocycles. The average molecular weight is 321 g/mol. The topological polar surface area (TPSA) is 12.5 Å². The lowest BCUT2D eigenvalue weighted by atomic mass is 10.2. The van der Waals surface area contributed by atoms with E-state index < -0.39 is 0 Å². The Morgan fingerprint density at radius 2 is 2.07 bits per heavy atom. The van der Waals surface area contributed by atoms with Gasteiger partial charge in [-0.2, -0.15) is 0 Å². The number of halogens is 2. The van der Waals surface area contributed by atoms with Gasteiger partial charge in [-0.05, 0) is 34.2 Å². The smallest absolute Gasteiger partial charge is 0.136 e. The first-order valence-corrected chi connectivity index (χ1v) is 6.08. The Hall–Kier alpha value is -0.200. The van der Waals surface area contributed by atoms with Crippen LogP contribution in [0, 0.1) is 9.39 Å². The lowest BCUT2D eigenvalue weighted by molar-refractivity contribution is 0.0340. The Kier molecular flexibility index (Phi) is 3.93. The van der Waals surface area contributed by atoms with E-state index in [-0.39, 0.29) is 5.82 Å². The molecule has 1 saturated heterocycles. The molecule has 1 aliphatic heterocycles. The van der Waals surface area contributed by atoms with Crippen LogP contribution in [0.15, 0.2) is 18.2 Å². The van der Waals surface area contributed by atoms with Crippen molar-refractivity contribution in [3.05, 3.63) is 33.1 Å². The number of benzene rings is 1. The average Bonchev–Trinajstić information content (AvgIpc) is 2.26. The minimum Gasteiger partial charge on any atom is -0.379 e. The zero-order valence-corrected chi connectivity index (χ0v) is 10.5. The molecule has 1 aliphatic rings. The Balaban J connectivity index is 2.06. The second-order valence-electron chi connectivity index (χ2n) is 3.60. The minimum atomic E-state index is -0.124. The van der Waals surface area contributed by atoms with Gasteiger partial charge in [0.25, 0.3) is 0 Å². The molecule has 0 N–H and O–H groups in total. The fourth-order valence-corrected chi connectivity index (χ4v) is 2.20. The van der Waals surface area contributed by atoms with E-state index in [1.807, 2.05) is 6.07 Å². The molecule has 2 rings (SSSR count). The molecule has 1 aromatic carbocycles. The van der Waals surface area contributed by atoms with Crippen molar-refractivity contribution >= 4 is 22.6 Å². The molecule has 1 fully saturated rings. The zero-order chi connectivity index (χ0) is 10.7. The molecule has 0 bridgehead atoms. The number of hydrogen-bond acceptors (Lipinski definition) is 2. The Bertz CT molecular complexity index is 339. The van der Waals surface area contributed by atoms with Gasteiger partial charge in [-0.25, -0.2) is 4.39 Å². The Morgan fingerprint density at radius 1 is 1.33 bits per heavy atom. The standard InChI is InChI=1S/C11H13FINO/c12-10-3-1-2-9(11(10)13)8-14-4-6-15-7-5-14/h1-3H,4-8H2. The summed E-state index contributed by atoms with van der Waals surface area (Å²) >= 11 is 2.07. The molecule has 0 aromatic heterocycles. The van der Waals surface area contributed by atoms with E-state index in [1.54, 1.807) is 6.07 Å². The number of morpholine rings is 1. The van der Waals surface area contributed by atoms with Crippen LogP contribution in [-0.4, -0.2) is 31.2 Å². The van der Waals surface area contributed by atoms with Crippen molar-refractivity contribution in [1.82, 2.24) is 4.90 Å². The van der Waals surface area contributed by atoms with Crippen molar-refractivity contribution in [3.8, 4) is 0 Å². The molecule has 0 saturated carbocycles. The summed E-state index contributed by atoms with van der Waals surface area (Å²) in [6.07, 6.45) is 0. The SMILES string of the molecule is Fc1cccc(CN2CCOCC2)c1I. The molecule has 1 aromatic rings. The van der Waals surface area contributed by atoms with Gasteiger partial charge >= 0.3 is 0 Å². The van der Waals surface area contributed by atoms with Crippen molar-refractivity contribution < 1.29 is 9.13 Å². The summed E-state index contributed by atoms with van der Waals surface area (Å²) in [5.41, 5.74) is 1.07. The summed E-state index contributed by atoms with van der Waals surface area (Å²) in [4.78, 5) is 2.29. The van der Waals surface area contributed by atoms with E-state index in [2.05, 4.69) is 27.5 Å². The van der Waals surface area contributed by atoms with Gasteiger partial charge in [0.05, 0.1) is 16.8 Å². The maximum atomic E-state index is 13.3. The largest absolute Gasteiger partial charge is 0.379 e. The maximum Gasteiger partial charge on any atom is 0.136 e. The van der Waals surface area contributed by atoms with E-state index in [9.17, 15) is 4.39 Å². The van der Waals surface area contributed by atoms with Crippen LogP contribution in [0.3, 0.4) is 0 Å². The number of ether oxygens (including phenoxy) is 1. The molecule has 0 unspecified atom stereocenters. The molecular formula is C11H13FINO.